The minimum atomic E-state index is -4.14. The molecule has 0 bridgehead atoms. The first kappa shape index (κ1) is 17.1. The number of sulfonamides is 1. The van der Waals surface area contributed by atoms with Crippen molar-refractivity contribution in [1.82, 2.24) is 4.72 Å². The van der Waals surface area contributed by atoms with Crippen molar-refractivity contribution in [3.63, 3.8) is 0 Å². The van der Waals surface area contributed by atoms with Gasteiger partial charge >= 0.3 is 0 Å². The van der Waals surface area contributed by atoms with Crippen LogP contribution in [0.2, 0.25) is 0 Å². The van der Waals surface area contributed by atoms with Gasteiger partial charge in [-0.2, -0.15) is 0 Å². The first-order valence-electron chi connectivity index (χ1n) is 5.38. The summed E-state index contributed by atoms with van der Waals surface area (Å²) in [5, 5.41) is 0. The predicted molar refractivity (Wildman–Crippen MR) is 74.6 cm³/mol. The first-order chi connectivity index (χ1) is 9.18. The quantitative estimate of drug-likeness (QED) is 0.480. The van der Waals surface area contributed by atoms with Crippen molar-refractivity contribution in [1.29, 1.82) is 0 Å². The smallest absolute Gasteiger partial charge is 0.224 e. The maximum atomic E-state index is 13.6. The average molecular weight is 342 g/mol. The second-order valence-corrected chi connectivity index (χ2v) is 7.90. The summed E-state index contributed by atoms with van der Waals surface area (Å²) >= 11 is 5.37. The molecule has 0 heterocycles. The van der Waals surface area contributed by atoms with E-state index < -0.39 is 30.6 Å². The van der Waals surface area contributed by atoms with Crippen molar-refractivity contribution in [2.75, 3.05) is 18.7 Å². The highest BCUT2D eigenvalue weighted by Gasteiger charge is 2.21. The number of allylic oxidation sites excluding steroid dienone is 1. The van der Waals surface area contributed by atoms with Crippen LogP contribution in [0.1, 0.15) is 0 Å². The molecule has 1 N–H and O–H groups in total. The second-order valence-electron chi connectivity index (χ2n) is 3.84. The zero-order chi connectivity index (χ0) is 15.4. The van der Waals surface area contributed by atoms with E-state index in [-0.39, 0.29) is 17.3 Å². The van der Waals surface area contributed by atoms with E-state index in [1.807, 2.05) is 0 Å². The second kappa shape index (κ2) is 6.66. The molecule has 0 spiro atoms. The fourth-order valence-corrected chi connectivity index (χ4v) is 3.23. The molecular formula is C11H13ClFNO4S2. The van der Waals surface area contributed by atoms with E-state index in [1.54, 1.807) is 0 Å². The molecule has 0 radical (unpaired) electrons. The summed E-state index contributed by atoms with van der Waals surface area (Å²) < 4.78 is 62.2. The van der Waals surface area contributed by atoms with Crippen molar-refractivity contribution in [2.24, 2.45) is 0 Å². The van der Waals surface area contributed by atoms with Gasteiger partial charge in [0.15, 0.2) is 9.84 Å². The van der Waals surface area contributed by atoms with Crippen molar-refractivity contribution in [3.05, 3.63) is 36.2 Å². The lowest BCUT2D eigenvalue weighted by molar-refractivity contribution is 0.557. The summed E-state index contributed by atoms with van der Waals surface area (Å²) in [5.41, 5.74) is 0. The average Bonchev–Trinajstić information content (AvgIpc) is 2.33. The van der Waals surface area contributed by atoms with Gasteiger partial charge in [0.05, 0.1) is 4.90 Å². The Labute approximate surface area is 122 Å². The van der Waals surface area contributed by atoms with Gasteiger partial charge < -0.3 is 0 Å². The van der Waals surface area contributed by atoms with Gasteiger partial charge in [0.1, 0.15) is 10.7 Å². The molecule has 0 unspecified atom stereocenters. The number of nitrogens with one attached hydrogen (secondary N) is 1. The van der Waals surface area contributed by atoms with Crippen LogP contribution in [0.3, 0.4) is 0 Å². The molecule has 1 aromatic carbocycles. The number of sulfone groups is 1. The lowest BCUT2D eigenvalue weighted by Gasteiger charge is -2.07. The van der Waals surface area contributed by atoms with Gasteiger partial charge in [-0.3, -0.25) is 0 Å². The standard InChI is InChI=1S/C11H13ClFNO4S2/c1-19(15,16)9-4-5-10(13)11(8-9)20(17,18)14-7-3-2-6-12/h2-5,8,14H,6-7H2,1H3/b3-2+. The highest BCUT2D eigenvalue weighted by atomic mass is 35.5. The van der Waals surface area contributed by atoms with E-state index in [0.29, 0.717) is 0 Å². The van der Waals surface area contributed by atoms with Crippen LogP contribution in [-0.2, 0) is 19.9 Å². The number of alkyl halides is 1. The summed E-state index contributed by atoms with van der Waals surface area (Å²) in [4.78, 5) is -0.977. The summed E-state index contributed by atoms with van der Waals surface area (Å²) in [6.07, 6.45) is 3.89. The number of rotatable bonds is 6. The minimum Gasteiger partial charge on any atom is -0.224 e. The van der Waals surface area contributed by atoms with Crippen LogP contribution in [0, 0.1) is 5.82 Å². The number of hydrogen-bond acceptors (Lipinski definition) is 4. The highest BCUT2D eigenvalue weighted by Crippen LogP contribution is 2.19. The third kappa shape index (κ3) is 4.55. The van der Waals surface area contributed by atoms with Crippen molar-refractivity contribution >= 4 is 31.5 Å². The molecule has 0 aliphatic rings. The molecule has 0 fully saturated rings. The summed E-state index contributed by atoms with van der Waals surface area (Å²) in [7, 11) is -7.76. The van der Waals surface area contributed by atoms with Gasteiger partial charge in [-0.05, 0) is 18.2 Å². The van der Waals surface area contributed by atoms with Gasteiger partial charge in [0, 0.05) is 18.7 Å². The molecule has 0 saturated carbocycles. The highest BCUT2D eigenvalue weighted by molar-refractivity contribution is 7.91. The Morgan fingerprint density at radius 3 is 2.45 bits per heavy atom. The molecule has 5 nitrogen and oxygen atoms in total. The SMILES string of the molecule is CS(=O)(=O)c1ccc(F)c(S(=O)(=O)NC/C=C/CCl)c1. The number of benzene rings is 1. The first-order valence-corrected chi connectivity index (χ1v) is 9.29. The maximum Gasteiger partial charge on any atom is 0.243 e. The molecule has 0 aromatic heterocycles. The Bertz CT molecular complexity index is 714. The maximum absolute atomic E-state index is 13.6. The lowest BCUT2D eigenvalue weighted by Crippen LogP contribution is -2.25. The van der Waals surface area contributed by atoms with Gasteiger partial charge in [-0.1, -0.05) is 12.2 Å². The predicted octanol–water partition coefficient (Wildman–Crippen LogP) is 1.30. The molecule has 1 rings (SSSR count). The molecule has 0 aliphatic heterocycles. The van der Waals surface area contributed by atoms with Crippen LogP contribution in [0.4, 0.5) is 4.39 Å². The minimum absolute atomic E-state index is 0.0718. The van der Waals surface area contributed by atoms with Crippen molar-refractivity contribution < 1.29 is 21.2 Å². The van der Waals surface area contributed by atoms with Crippen LogP contribution in [-0.4, -0.2) is 35.5 Å². The Kier molecular flexibility index (Phi) is 5.69. The van der Waals surface area contributed by atoms with Gasteiger partial charge in [0.2, 0.25) is 10.0 Å². The molecule has 0 amide bonds. The fourth-order valence-electron chi connectivity index (χ4n) is 1.30. The molecular weight excluding hydrogens is 329 g/mol. The van der Waals surface area contributed by atoms with Gasteiger partial charge in [-0.15, -0.1) is 11.6 Å². The molecule has 0 atom stereocenters. The third-order valence-corrected chi connectivity index (χ3v) is 4.99. The van der Waals surface area contributed by atoms with E-state index in [2.05, 4.69) is 4.72 Å². The molecule has 0 saturated heterocycles. The molecule has 112 valence electrons. The third-order valence-electron chi connectivity index (χ3n) is 2.27. The molecule has 9 heteroatoms. The van der Waals surface area contributed by atoms with E-state index in [0.717, 1.165) is 24.5 Å². The monoisotopic (exact) mass is 341 g/mol. The van der Waals surface area contributed by atoms with E-state index in [1.165, 1.54) is 12.2 Å². The number of halogens is 2. The molecule has 0 aliphatic carbocycles. The van der Waals surface area contributed by atoms with Crippen LogP contribution < -0.4 is 4.72 Å². The molecule has 20 heavy (non-hydrogen) atoms. The van der Waals surface area contributed by atoms with Crippen LogP contribution in [0.5, 0.6) is 0 Å². The summed E-state index contributed by atoms with van der Waals surface area (Å²) in [6.45, 7) is -0.0718. The summed E-state index contributed by atoms with van der Waals surface area (Å²) in [6, 6.07) is 2.61. The number of hydrogen-bond donors (Lipinski definition) is 1. The van der Waals surface area contributed by atoms with E-state index in [9.17, 15) is 21.2 Å². The Hall–Kier alpha value is -0.960. The van der Waals surface area contributed by atoms with E-state index >= 15 is 0 Å². The Balaban J connectivity index is 3.15. The largest absolute Gasteiger partial charge is 0.243 e. The van der Waals surface area contributed by atoms with E-state index in [4.69, 9.17) is 11.6 Å². The zero-order valence-electron chi connectivity index (χ0n) is 10.5. The fraction of sp³-hybridized carbons (Fsp3) is 0.273. The van der Waals surface area contributed by atoms with Crippen LogP contribution in [0.25, 0.3) is 0 Å². The molecule has 1 aromatic rings. The van der Waals surface area contributed by atoms with Crippen molar-refractivity contribution in [3.8, 4) is 0 Å². The van der Waals surface area contributed by atoms with Crippen molar-refractivity contribution in [2.45, 2.75) is 9.79 Å². The Morgan fingerprint density at radius 1 is 1.25 bits per heavy atom. The van der Waals surface area contributed by atoms with Crippen LogP contribution in [0.15, 0.2) is 40.1 Å². The lowest BCUT2D eigenvalue weighted by atomic mass is 10.3. The van der Waals surface area contributed by atoms with Crippen LogP contribution >= 0.6 is 11.6 Å². The van der Waals surface area contributed by atoms with Gasteiger partial charge in [-0.25, -0.2) is 25.9 Å². The van der Waals surface area contributed by atoms with Gasteiger partial charge in [0.25, 0.3) is 0 Å². The summed E-state index contributed by atoms with van der Waals surface area (Å²) in [5.74, 6) is -0.800. The zero-order valence-corrected chi connectivity index (χ0v) is 12.9. The Morgan fingerprint density at radius 2 is 1.90 bits per heavy atom. The topological polar surface area (TPSA) is 80.3 Å². The normalized spacial score (nSPS) is 12.9.